The summed E-state index contributed by atoms with van der Waals surface area (Å²) < 4.78 is 7.96. The van der Waals surface area contributed by atoms with E-state index in [1.165, 1.54) is 18.9 Å². The molecule has 0 atom stereocenters. The lowest BCUT2D eigenvalue weighted by molar-refractivity contribution is -0.139. The molecule has 0 bridgehead atoms. The highest BCUT2D eigenvalue weighted by Gasteiger charge is 2.21. The van der Waals surface area contributed by atoms with Crippen LogP contribution in [0.25, 0.3) is 22.6 Å². The normalized spacial score (nSPS) is 11.3. The molecule has 0 fully saturated rings. The molecule has 3 heterocycles. The third-order valence-corrected chi connectivity index (χ3v) is 4.50. The molecule has 0 radical (unpaired) electrons. The van der Waals surface area contributed by atoms with Gasteiger partial charge in [-0.25, -0.2) is 4.68 Å². The van der Waals surface area contributed by atoms with Crippen molar-refractivity contribution in [1.29, 1.82) is 0 Å². The van der Waals surface area contributed by atoms with Gasteiger partial charge in [-0.05, 0) is 30.5 Å². The fraction of sp³-hybridized carbons (Fsp3) is 0.200. The Bertz CT molecular complexity index is 1120. The van der Waals surface area contributed by atoms with Gasteiger partial charge in [0.05, 0.1) is 19.2 Å². The van der Waals surface area contributed by atoms with Crippen molar-refractivity contribution in [3.63, 3.8) is 0 Å². The molecular formula is C15H12ClN7O2S. The first kappa shape index (κ1) is 16.7. The Balaban J connectivity index is 2.02. The Kier molecular flexibility index (Phi) is 4.21. The number of benzene rings is 1. The number of esters is 1. The van der Waals surface area contributed by atoms with E-state index < -0.39 is 5.97 Å². The van der Waals surface area contributed by atoms with Crippen LogP contribution < -0.4 is 0 Å². The van der Waals surface area contributed by atoms with Crippen molar-refractivity contribution in [2.45, 2.75) is 11.6 Å². The van der Waals surface area contributed by atoms with E-state index in [1.807, 2.05) is 18.4 Å². The molecular weight excluding hydrogens is 378 g/mol. The molecule has 26 heavy (non-hydrogen) atoms. The zero-order valence-electron chi connectivity index (χ0n) is 13.7. The number of hydrogen-bond acceptors (Lipinski definition) is 8. The maximum atomic E-state index is 11.8. The van der Waals surface area contributed by atoms with Crippen LogP contribution in [0.2, 0.25) is 5.02 Å². The van der Waals surface area contributed by atoms with Crippen LogP contribution in [0.15, 0.2) is 29.4 Å². The SMILES string of the molecule is COC(=O)Cc1nn(-c2ccc(Cl)cc2)c2c1nnc1nc(SC)nn12. The van der Waals surface area contributed by atoms with Gasteiger partial charge in [0.15, 0.2) is 11.2 Å². The zero-order valence-corrected chi connectivity index (χ0v) is 15.3. The van der Waals surface area contributed by atoms with E-state index in [9.17, 15) is 4.79 Å². The number of halogens is 1. The van der Waals surface area contributed by atoms with Crippen molar-refractivity contribution >= 4 is 46.3 Å². The van der Waals surface area contributed by atoms with Gasteiger partial charge in [0.1, 0.15) is 5.69 Å². The fourth-order valence-corrected chi connectivity index (χ4v) is 2.96. The number of carbonyl (C=O) groups excluding carboxylic acids is 1. The molecule has 0 saturated carbocycles. The molecule has 0 amide bonds. The Labute approximate surface area is 156 Å². The number of fused-ring (bicyclic) bond motifs is 3. The van der Waals surface area contributed by atoms with Gasteiger partial charge in [-0.15, -0.1) is 15.3 Å². The lowest BCUT2D eigenvalue weighted by Crippen LogP contribution is -2.06. The molecule has 0 N–H and O–H groups in total. The number of hydrogen-bond donors (Lipinski definition) is 0. The summed E-state index contributed by atoms with van der Waals surface area (Å²) in [4.78, 5) is 16.1. The highest BCUT2D eigenvalue weighted by molar-refractivity contribution is 7.98. The van der Waals surface area contributed by atoms with E-state index in [0.717, 1.165) is 5.69 Å². The molecule has 4 rings (SSSR count). The predicted molar refractivity (Wildman–Crippen MR) is 95.7 cm³/mol. The molecule has 132 valence electrons. The van der Waals surface area contributed by atoms with Crippen molar-refractivity contribution in [2.75, 3.05) is 13.4 Å². The topological polar surface area (TPSA) is 100 Å². The Hall–Kier alpha value is -2.72. The standard InChI is InChI=1S/C15H12ClN7O2S/c1-25-11(24)7-10-12-13(22(20-10)9-5-3-8(16)4-6-9)23-14(19-18-12)17-15(21-23)26-2/h3-6H,7H2,1-2H3. The van der Waals surface area contributed by atoms with Gasteiger partial charge in [0.25, 0.3) is 5.78 Å². The number of thioether (sulfide) groups is 1. The maximum absolute atomic E-state index is 11.8. The molecule has 3 aromatic heterocycles. The van der Waals surface area contributed by atoms with Crippen LogP contribution in [0.1, 0.15) is 5.69 Å². The van der Waals surface area contributed by atoms with E-state index in [-0.39, 0.29) is 6.42 Å². The van der Waals surface area contributed by atoms with Crippen molar-refractivity contribution in [3.05, 3.63) is 35.0 Å². The summed E-state index contributed by atoms with van der Waals surface area (Å²) in [6.45, 7) is 0. The summed E-state index contributed by atoms with van der Waals surface area (Å²) in [7, 11) is 1.33. The van der Waals surface area contributed by atoms with E-state index in [2.05, 4.69) is 25.4 Å². The van der Waals surface area contributed by atoms with Gasteiger partial charge in [-0.3, -0.25) is 4.79 Å². The molecule has 0 aliphatic carbocycles. The molecule has 0 saturated heterocycles. The van der Waals surface area contributed by atoms with Gasteiger partial charge < -0.3 is 4.74 Å². The monoisotopic (exact) mass is 389 g/mol. The van der Waals surface area contributed by atoms with Crippen LogP contribution in [0.4, 0.5) is 0 Å². The van der Waals surface area contributed by atoms with Crippen molar-refractivity contribution < 1.29 is 9.53 Å². The summed E-state index contributed by atoms with van der Waals surface area (Å²) >= 11 is 7.38. The van der Waals surface area contributed by atoms with Crippen molar-refractivity contribution in [2.24, 2.45) is 0 Å². The minimum Gasteiger partial charge on any atom is -0.469 e. The Morgan fingerprint density at radius 3 is 2.69 bits per heavy atom. The van der Waals surface area contributed by atoms with Gasteiger partial charge in [-0.2, -0.15) is 14.6 Å². The second-order valence-corrected chi connectivity index (χ2v) is 6.48. The largest absolute Gasteiger partial charge is 0.469 e. The van der Waals surface area contributed by atoms with E-state index in [0.29, 0.717) is 32.8 Å². The summed E-state index contributed by atoms with van der Waals surface area (Å²) in [5, 5.41) is 18.4. The fourth-order valence-electron chi connectivity index (χ4n) is 2.50. The Morgan fingerprint density at radius 1 is 1.23 bits per heavy atom. The summed E-state index contributed by atoms with van der Waals surface area (Å²) in [6.07, 6.45) is 1.84. The molecule has 0 aliphatic heterocycles. The molecule has 9 nitrogen and oxygen atoms in total. The predicted octanol–water partition coefficient (Wildman–Crippen LogP) is 1.95. The average molecular weight is 390 g/mol. The molecule has 0 spiro atoms. The van der Waals surface area contributed by atoms with E-state index in [1.54, 1.807) is 21.3 Å². The number of ether oxygens (including phenoxy) is 1. The van der Waals surface area contributed by atoms with Crippen molar-refractivity contribution in [1.82, 2.24) is 34.6 Å². The zero-order chi connectivity index (χ0) is 18.3. The minimum absolute atomic E-state index is 0.0299. The molecule has 0 aliphatic rings. The minimum atomic E-state index is -0.419. The van der Waals surface area contributed by atoms with Crippen LogP contribution >= 0.6 is 23.4 Å². The number of methoxy groups -OCH3 is 1. The third-order valence-electron chi connectivity index (χ3n) is 3.71. The van der Waals surface area contributed by atoms with Gasteiger partial charge >= 0.3 is 5.97 Å². The first-order valence-electron chi connectivity index (χ1n) is 7.48. The number of aromatic nitrogens is 7. The average Bonchev–Trinajstić information content (AvgIpc) is 3.23. The molecule has 11 heteroatoms. The summed E-state index contributed by atoms with van der Waals surface area (Å²) in [5.41, 5.74) is 2.20. The summed E-state index contributed by atoms with van der Waals surface area (Å²) in [6, 6.07) is 7.14. The smallest absolute Gasteiger partial charge is 0.311 e. The molecule has 1 aromatic carbocycles. The molecule has 4 aromatic rings. The lowest BCUT2D eigenvalue weighted by Gasteiger charge is -2.03. The van der Waals surface area contributed by atoms with Crippen molar-refractivity contribution in [3.8, 4) is 5.69 Å². The lowest BCUT2D eigenvalue weighted by atomic mass is 10.3. The third kappa shape index (κ3) is 2.76. The van der Waals surface area contributed by atoms with Gasteiger partial charge in [-0.1, -0.05) is 23.4 Å². The quantitative estimate of drug-likeness (QED) is 0.385. The first-order valence-corrected chi connectivity index (χ1v) is 9.09. The van der Waals surface area contributed by atoms with Crippen LogP contribution in [-0.2, 0) is 16.0 Å². The highest BCUT2D eigenvalue weighted by atomic mass is 35.5. The Morgan fingerprint density at radius 2 is 2.00 bits per heavy atom. The summed E-state index contributed by atoms with van der Waals surface area (Å²) in [5.74, 6) is -0.0699. The van der Waals surface area contributed by atoms with Gasteiger partial charge in [0.2, 0.25) is 5.16 Å². The highest BCUT2D eigenvalue weighted by Crippen LogP contribution is 2.23. The van der Waals surface area contributed by atoms with E-state index >= 15 is 0 Å². The van der Waals surface area contributed by atoms with Crippen LogP contribution in [-0.4, -0.2) is 53.9 Å². The number of rotatable bonds is 4. The van der Waals surface area contributed by atoms with Gasteiger partial charge in [0, 0.05) is 5.02 Å². The van der Waals surface area contributed by atoms with E-state index in [4.69, 9.17) is 16.3 Å². The van der Waals surface area contributed by atoms with Crippen LogP contribution in [0.5, 0.6) is 0 Å². The number of nitrogens with zero attached hydrogens (tertiary/aromatic N) is 7. The van der Waals surface area contributed by atoms with Crippen LogP contribution in [0, 0.1) is 0 Å². The maximum Gasteiger partial charge on any atom is 0.311 e. The molecule has 0 unspecified atom stereocenters. The number of carbonyl (C=O) groups is 1. The second kappa shape index (κ2) is 6.54. The first-order chi connectivity index (χ1) is 12.6. The van der Waals surface area contributed by atoms with Crippen LogP contribution in [0.3, 0.4) is 0 Å². The second-order valence-electron chi connectivity index (χ2n) is 5.27.